The summed E-state index contributed by atoms with van der Waals surface area (Å²) >= 11 is 0. The summed E-state index contributed by atoms with van der Waals surface area (Å²) in [4.78, 5) is 28.3. The smallest absolute Gasteiger partial charge is 0.323 e. The maximum Gasteiger partial charge on any atom is 0.323 e. The summed E-state index contributed by atoms with van der Waals surface area (Å²) < 4.78 is 188. The fourth-order valence-electron chi connectivity index (χ4n) is 10.3. The van der Waals surface area contributed by atoms with Gasteiger partial charge >= 0.3 is 11.9 Å². The summed E-state index contributed by atoms with van der Waals surface area (Å²) in [5, 5.41) is 0. The van der Waals surface area contributed by atoms with E-state index < -0.39 is 17.4 Å². The van der Waals surface area contributed by atoms with Gasteiger partial charge in [0.2, 0.25) is 0 Å². The number of esters is 2. The molecule has 0 radical (unpaired) electrons. The van der Waals surface area contributed by atoms with Crippen molar-refractivity contribution >= 4 is 11.9 Å². The fraction of sp³-hybridized carbons (Fsp3) is 0.976. The third kappa shape index (κ3) is 96.6. The highest BCUT2D eigenvalue weighted by molar-refractivity contribution is 6.00. The lowest BCUT2D eigenvalue weighted by molar-refractivity contribution is -0.176. The van der Waals surface area contributed by atoms with E-state index in [1.54, 1.807) is 14.2 Å². The molecule has 0 unspecified atom stereocenters. The van der Waals surface area contributed by atoms with E-state index in [0.717, 1.165) is 64.2 Å². The second-order valence-corrected chi connectivity index (χ2v) is 26.7. The van der Waals surface area contributed by atoms with Crippen LogP contribution in [-0.4, -0.2) is 449 Å². The number of carbonyl (C=O) groups excluding carboxylic acids is 2. The number of carbonyl (C=O) groups is 2. The van der Waals surface area contributed by atoms with Crippen molar-refractivity contribution in [2.24, 2.45) is 5.41 Å². The van der Waals surface area contributed by atoms with Crippen LogP contribution >= 0.6 is 0 Å². The van der Waals surface area contributed by atoms with Crippen molar-refractivity contribution in [2.75, 3.05) is 437 Å². The summed E-state index contributed by atoms with van der Waals surface area (Å²) in [7, 11) is 3.28. The monoisotopic (exact) mass is 1770 g/mol. The Balaban J connectivity index is 3.91. The molecule has 0 heterocycles. The van der Waals surface area contributed by atoms with Crippen molar-refractivity contribution in [3.63, 3.8) is 0 Å². The van der Waals surface area contributed by atoms with Crippen molar-refractivity contribution in [3.05, 3.63) is 0 Å². The Morgan fingerprint density at radius 3 is 0.380 bits per heavy atom. The maximum atomic E-state index is 14.1. The molecular formula is C85H168O36. The van der Waals surface area contributed by atoms with E-state index in [1.165, 1.54) is 0 Å². The van der Waals surface area contributed by atoms with E-state index in [2.05, 4.69) is 13.8 Å². The Bertz CT molecular complexity index is 1790. The predicted octanol–water partition coefficient (Wildman–Crippen LogP) is 6.35. The number of methoxy groups -OCH3 is 2. The van der Waals surface area contributed by atoms with Gasteiger partial charge in [0.1, 0.15) is 13.2 Å². The highest BCUT2D eigenvalue weighted by Crippen LogP contribution is 2.36. The molecule has 0 saturated carbocycles. The minimum absolute atomic E-state index is 0.00321. The Morgan fingerprint density at radius 1 is 0.149 bits per heavy atom. The number of hydrogen-bond acceptors (Lipinski definition) is 36. The average molecular weight is 1770 g/mol. The van der Waals surface area contributed by atoms with Crippen LogP contribution in [0.15, 0.2) is 0 Å². The van der Waals surface area contributed by atoms with Gasteiger partial charge in [-0.2, -0.15) is 0 Å². The molecule has 0 amide bonds. The number of rotatable bonds is 112. The van der Waals surface area contributed by atoms with Crippen LogP contribution in [0.25, 0.3) is 0 Å². The van der Waals surface area contributed by atoms with Crippen molar-refractivity contribution in [1.82, 2.24) is 0 Å². The summed E-state index contributed by atoms with van der Waals surface area (Å²) in [5.74, 6) is -1.11. The molecule has 0 atom stereocenters. The molecule has 36 heteroatoms. The highest BCUT2D eigenvalue weighted by atomic mass is 16.6. The lowest BCUT2D eigenvalue weighted by Crippen LogP contribution is -2.43. The maximum absolute atomic E-state index is 14.1. The van der Waals surface area contributed by atoms with Crippen LogP contribution < -0.4 is 0 Å². The highest BCUT2D eigenvalue weighted by Gasteiger charge is 2.48. The first-order valence-corrected chi connectivity index (χ1v) is 44.7. The van der Waals surface area contributed by atoms with Gasteiger partial charge in [0.25, 0.3) is 0 Å². The van der Waals surface area contributed by atoms with E-state index in [-0.39, 0.29) is 26.4 Å². The van der Waals surface area contributed by atoms with Gasteiger partial charge in [-0.05, 0) is 12.8 Å². The molecule has 0 rings (SSSR count). The van der Waals surface area contributed by atoms with Gasteiger partial charge < -0.3 is 161 Å². The van der Waals surface area contributed by atoms with E-state index >= 15 is 0 Å². The molecule has 121 heavy (non-hydrogen) atoms. The second-order valence-electron chi connectivity index (χ2n) is 26.7. The van der Waals surface area contributed by atoms with Gasteiger partial charge in [-0.25, -0.2) is 0 Å². The summed E-state index contributed by atoms with van der Waals surface area (Å²) in [6, 6.07) is 0. The van der Waals surface area contributed by atoms with Gasteiger partial charge in [-0.1, -0.05) is 90.9 Å². The third-order valence-corrected chi connectivity index (χ3v) is 16.9. The standard InChI is InChI=1S/C85H168O36/c1-5-7-9-11-13-15-17-85(18-16-14-12-10-8-6-2,83(86)120-81-79-118-77-75-116-73-71-114-69-67-112-65-63-110-61-59-108-57-55-106-53-51-104-49-47-102-45-43-100-41-39-98-37-35-96-33-31-94-29-27-92-25-23-90-21-19-88-3)84(87)121-82-80-119-78-76-117-74-72-115-70-68-113-66-64-111-62-60-109-58-56-107-54-52-105-50-48-103-46-44-101-42-40-99-38-36-97-34-32-95-30-28-93-26-24-91-22-20-89-4/h5-82H2,1-4H3. The molecule has 0 aromatic carbocycles. The Labute approximate surface area is 726 Å². The molecule has 0 saturated heterocycles. The van der Waals surface area contributed by atoms with Crippen molar-refractivity contribution in [2.45, 2.75) is 104 Å². The molecule has 0 bridgehead atoms. The zero-order chi connectivity index (χ0) is 86.9. The van der Waals surface area contributed by atoms with Crippen molar-refractivity contribution < 1.29 is 171 Å². The van der Waals surface area contributed by atoms with Crippen LogP contribution in [0.1, 0.15) is 104 Å². The summed E-state index contributed by atoms with van der Waals surface area (Å²) in [5.41, 5.74) is -1.41. The van der Waals surface area contributed by atoms with Crippen LogP contribution in [0.4, 0.5) is 0 Å². The zero-order valence-corrected chi connectivity index (χ0v) is 75.4. The largest absolute Gasteiger partial charge is 0.462 e. The topological polar surface area (TPSA) is 348 Å². The predicted molar refractivity (Wildman–Crippen MR) is 449 cm³/mol. The van der Waals surface area contributed by atoms with Gasteiger partial charge in [0.15, 0.2) is 5.41 Å². The van der Waals surface area contributed by atoms with Crippen molar-refractivity contribution in [1.29, 1.82) is 0 Å². The van der Waals surface area contributed by atoms with Crippen LogP contribution in [-0.2, 0) is 171 Å². The minimum Gasteiger partial charge on any atom is -0.462 e. The lowest BCUT2D eigenvalue weighted by Gasteiger charge is -2.30. The van der Waals surface area contributed by atoms with Gasteiger partial charge in [0, 0.05) is 14.2 Å². The third-order valence-electron chi connectivity index (χ3n) is 16.9. The molecule has 36 nitrogen and oxygen atoms in total. The quantitative estimate of drug-likeness (QED) is 0.0363. The average Bonchev–Trinajstić information content (AvgIpc) is 0.809. The van der Waals surface area contributed by atoms with Crippen LogP contribution in [0.3, 0.4) is 0 Å². The molecule has 0 fully saturated rings. The summed E-state index contributed by atoms with van der Waals surface area (Å²) in [6.45, 7) is 32.9. The van der Waals surface area contributed by atoms with Gasteiger partial charge in [-0.3, -0.25) is 9.59 Å². The van der Waals surface area contributed by atoms with E-state index in [1.807, 2.05) is 0 Å². The van der Waals surface area contributed by atoms with Crippen LogP contribution in [0, 0.1) is 5.41 Å². The summed E-state index contributed by atoms with van der Waals surface area (Å²) in [6.07, 6.45) is 12.9. The van der Waals surface area contributed by atoms with E-state index in [9.17, 15) is 9.59 Å². The van der Waals surface area contributed by atoms with Crippen molar-refractivity contribution in [3.8, 4) is 0 Å². The molecule has 0 aliphatic rings. The van der Waals surface area contributed by atoms with Crippen LogP contribution in [0.5, 0.6) is 0 Å². The minimum atomic E-state index is -1.41. The zero-order valence-electron chi connectivity index (χ0n) is 75.4. The number of hydrogen-bond donors (Lipinski definition) is 0. The fourth-order valence-corrected chi connectivity index (χ4v) is 10.3. The van der Waals surface area contributed by atoms with E-state index in [4.69, 9.17) is 161 Å². The molecule has 0 aliphatic heterocycles. The normalized spacial score (nSPS) is 11.9. The Morgan fingerprint density at radius 2 is 0.256 bits per heavy atom. The first-order chi connectivity index (χ1) is 60.1. The van der Waals surface area contributed by atoms with Gasteiger partial charge in [-0.15, -0.1) is 0 Å². The number of unbranched alkanes of at least 4 members (excludes halogenated alkanes) is 10. The first-order valence-electron chi connectivity index (χ1n) is 44.7. The first kappa shape index (κ1) is 119. The molecule has 0 aliphatic carbocycles. The lowest BCUT2D eigenvalue weighted by atomic mass is 9.77. The SMILES string of the molecule is CCCCCCCCC(CCCCCCCC)(C(=O)OCCOCCOCCOCCOCCOCCOCCOCCOCCOCCOCCOCCOCCOCCOCCOCCOC)C(=O)OCCOCCOCCOCCOCCOCCOCCOCCOCCOCCOCCOCCOCCOCCOCCOCCOC. The Kier molecular flexibility index (Phi) is 106. The van der Waals surface area contributed by atoms with Crippen LogP contribution in [0.2, 0.25) is 0 Å². The molecular weight excluding hydrogens is 1600 g/mol. The number of ether oxygens (including phenoxy) is 34. The molecule has 724 valence electrons. The molecule has 0 spiro atoms. The second kappa shape index (κ2) is 108. The van der Waals surface area contributed by atoms with E-state index in [0.29, 0.717) is 422 Å². The molecule has 0 aromatic rings. The Hall–Kier alpha value is -2.34. The molecule has 0 N–H and O–H groups in total. The molecule has 0 aromatic heterocycles. The van der Waals surface area contributed by atoms with Gasteiger partial charge in [0.05, 0.1) is 410 Å².